The maximum Gasteiger partial charge on any atom is 0.320 e. The predicted octanol–water partition coefficient (Wildman–Crippen LogP) is 1.12. The second kappa shape index (κ2) is 8.09. The maximum atomic E-state index is 12.3. The van der Waals surface area contributed by atoms with Crippen LogP contribution in [0.25, 0.3) is 0 Å². The first kappa shape index (κ1) is 19.6. The van der Waals surface area contributed by atoms with Crippen LogP contribution in [0.15, 0.2) is 18.2 Å². The Morgan fingerprint density at radius 2 is 1.81 bits per heavy atom. The van der Waals surface area contributed by atoms with Crippen molar-refractivity contribution in [3.8, 4) is 0 Å². The lowest BCUT2D eigenvalue weighted by atomic mass is 10.1. The summed E-state index contributed by atoms with van der Waals surface area (Å²) in [7, 11) is 1.42. The van der Waals surface area contributed by atoms with E-state index in [1.165, 1.54) is 19.2 Å². The number of ether oxygens (including phenoxy) is 1. The van der Waals surface area contributed by atoms with E-state index in [-0.39, 0.29) is 43.1 Å². The fourth-order valence-electron chi connectivity index (χ4n) is 2.62. The summed E-state index contributed by atoms with van der Waals surface area (Å²) in [6.45, 7) is 5.78. The van der Waals surface area contributed by atoms with Crippen LogP contribution in [0.4, 0.5) is 5.69 Å². The average Bonchev–Trinajstić information content (AvgIpc) is 2.78. The molecule has 0 atom stereocenters. The molecule has 0 saturated heterocycles. The number of fused-ring (bicyclic) bond motifs is 1. The predicted molar refractivity (Wildman–Crippen MR) is 94.8 cm³/mol. The third kappa shape index (κ3) is 4.26. The van der Waals surface area contributed by atoms with Gasteiger partial charge >= 0.3 is 5.97 Å². The van der Waals surface area contributed by atoms with Gasteiger partial charge in [-0.3, -0.25) is 29.0 Å². The van der Waals surface area contributed by atoms with Crippen molar-refractivity contribution in [3.05, 3.63) is 29.3 Å². The Kier molecular flexibility index (Phi) is 6.10. The quantitative estimate of drug-likeness (QED) is 0.578. The molecule has 1 aliphatic heterocycles. The van der Waals surface area contributed by atoms with E-state index in [1.54, 1.807) is 17.9 Å². The van der Waals surface area contributed by atoms with Gasteiger partial charge in [0.2, 0.25) is 5.91 Å². The van der Waals surface area contributed by atoms with E-state index in [2.05, 4.69) is 5.32 Å². The lowest BCUT2D eigenvalue weighted by Crippen LogP contribution is -2.41. The van der Waals surface area contributed by atoms with Gasteiger partial charge < -0.3 is 10.1 Å². The number of benzene rings is 1. The van der Waals surface area contributed by atoms with Crippen molar-refractivity contribution in [2.75, 3.05) is 32.1 Å². The van der Waals surface area contributed by atoms with Gasteiger partial charge in [-0.25, -0.2) is 0 Å². The number of imide groups is 1. The lowest BCUT2D eigenvalue weighted by molar-refractivity contribution is -0.145. The van der Waals surface area contributed by atoms with E-state index >= 15 is 0 Å². The number of hydrogen-bond acceptors (Lipinski definition) is 6. The van der Waals surface area contributed by atoms with Crippen LogP contribution in [-0.4, -0.2) is 66.3 Å². The van der Waals surface area contributed by atoms with Crippen LogP contribution in [0.3, 0.4) is 0 Å². The van der Waals surface area contributed by atoms with E-state index in [0.717, 1.165) is 4.90 Å². The van der Waals surface area contributed by atoms with E-state index in [1.807, 2.05) is 13.8 Å². The van der Waals surface area contributed by atoms with Crippen molar-refractivity contribution in [1.29, 1.82) is 0 Å². The number of hydrogen-bond donors (Lipinski definition) is 1. The zero-order valence-corrected chi connectivity index (χ0v) is 15.4. The van der Waals surface area contributed by atoms with E-state index in [9.17, 15) is 19.2 Å². The molecular formula is C18H23N3O5. The van der Waals surface area contributed by atoms with E-state index in [0.29, 0.717) is 11.3 Å². The molecule has 1 aromatic carbocycles. The second-order valence-corrected chi connectivity index (χ2v) is 6.28. The summed E-state index contributed by atoms with van der Waals surface area (Å²) in [5.41, 5.74) is 1.01. The minimum atomic E-state index is -0.396. The molecular weight excluding hydrogens is 338 g/mol. The summed E-state index contributed by atoms with van der Waals surface area (Å²) in [4.78, 5) is 50.6. The van der Waals surface area contributed by atoms with Crippen LogP contribution in [0.1, 0.15) is 41.5 Å². The number of carbonyl (C=O) groups is 4. The molecule has 26 heavy (non-hydrogen) atoms. The monoisotopic (exact) mass is 361 g/mol. The van der Waals surface area contributed by atoms with Gasteiger partial charge in [0.25, 0.3) is 11.8 Å². The first-order valence-corrected chi connectivity index (χ1v) is 8.40. The zero-order valence-electron chi connectivity index (χ0n) is 15.4. The third-order valence-corrected chi connectivity index (χ3v) is 4.09. The first-order valence-electron chi connectivity index (χ1n) is 8.40. The topological polar surface area (TPSA) is 96.0 Å². The smallest absolute Gasteiger partial charge is 0.320 e. The van der Waals surface area contributed by atoms with Crippen molar-refractivity contribution in [2.45, 2.75) is 26.8 Å². The minimum Gasteiger partial charge on any atom is -0.465 e. The van der Waals surface area contributed by atoms with Crippen molar-refractivity contribution in [2.24, 2.45) is 0 Å². The summed E-state index contributed by atoms with van der Waals surface area (Å²) < 4.78 is 4.92. The van der Waals surface area contributed by atoms with E-state index < -0.39 is 11.9 Å². The molecule has 1 N–H and O–H groups in total. The number of anilines is 1. The summed E-state index contributed by atoms with van der Waals surface area (Å²) >= 11 is 0. The maximum absolute atomic E-state index is 12.3. The SMILES string of the molecule is CCOC(=O)CN(CC(=O)Nc1ccc2c(c1)C(=O)N(C)C2=O)C(C)C. The second-order valence-electron chi connectivity index (χ2n) is 6.28. The summed E-state index contributed by atoms with van der Waals surface area (Å²) in [6, 6.07) is 4.56. The Balaban J connectivity index is 2.04. The minimum absolute atomic E-state index is 0.000343. The lowest BCUT2D eigenvalue weighted by Gasteiger charge is -2.24. The molecule has 1 heterocycles. The average molecular weight is 361 g/mol. The molecule has 2 rings (SSSR count). The number of esters is 1. The van der Waals surface area contributed by atoms with E-state index in [4.69, 9.17) is 4.74 Å². The fraction of sp³-hybridized carbons (Fsp3) is 0.444. The van der Waals surface area contributed by atoms with Crippen molar-refractivity contribution in [1.82, 2.24) is 9.80 Å². The van der Waals surface area contributed by atoms with Crippen LogP contribution in [0, 0.1) is 0 Å². The molecule has 0 fully saturated rings. The molecule has 140 valence electrons. The van der Waals surface area contributed by atoms with Crippen LogP contribution < -0.4 is 5.32 Å². The molecule has 3 amide bonds. The van der Waals surface area contributed by atoms with Gasteiger partial charge in [0, 0.05) is 18.8 Å². The van der Waals surface area contributed by atoms with Gasteiger partial charge in [-0.15, -0.1) is 0 Å². The van der Waals surface area contributed by atoms with Gasteiger partial charge in [-0.1, -0.05) is 0 Å². The van der Waals surface area contributed by atoms with Gasteiger partial charge in [0.15, 0.2) is 0 Å². The molecule has 0 aliphatic carbocycles. The molecule has 0 aromatic heterocycles. The van der Waals surface area contributed by atoms with Crippen LogP contribution in [0.2, 0.25) is 0 Å². The van der Waals surface area contributed by atoms with Gasteiger partial charge in [-0.2, -0.15) is 0 Å². The highest BCUT2D eigenvalue weighted by molar-refractivity contribution is 6.21. The molecule has 0 saturated carbocycles. The van der Waals surface area contributed by atoms with Crippen LogP contribution >= 0.6 is 0 Å². The third-order valence-electron chi connectivity index (χ3n) is 4.09. The van der Waals surface area contributed by atoms with Crippen molar-refractivity contribution >= 4 is 29.4 Å². The summed E-state index contributed by atoms with van der Waals surface area (Å²) in [5.74, 6) is -1.47. The molecule has 0 bridgehead atoms. The number of nitrogens with zero attached hydrogens (tertiary/aromatic N) is 2. The Morgan fingerprint density at radius 1 is 1.15 bits per heavy atom. The van der Waals surface area contributed by atoms with Gasteiger partial charge in [0.1, 0.15) is 0 Å². The van der Waals surface area contributed by atoms with Crippen molar-refractivity contribution < 1.29 is 23.9 Å². The Bertz CT molecular complexity index is 744. The standard InChI is InChI=1S/C18H23N3O5/c1-5-26-16(23)10-21(11(2)3)9-15(22)19-12-6-7-13-14(8-12)18(25)20(4)17(13)24/h6-8,11H,5,9-10H2,1-4H3,(H,19,22). The fourth-order valence-corrected chi connectivity index (χ4v) is 2.62. The molecule has 0 radical (unpaired) electrons. The zero-order chi connectivity index (χ0) is 19.4. The highest BCUT2D eigenvalue weighted by atomic mass is 16.5. The summed E-state index contributed by atoms with van der Waals surface area (Å²) in [5, 5.41) is 2.70. The normalized spacial score (nSPS) is 13.4. The number of carbonyl (C=O) groups excluding carboxylic acids is 4. The van der Waals surface area contributed by atoms with Gasteiger partial charge in [0.05, 0.1) is 30.8 Å². The number of amides is 3. The molecule has 1 aliphatic rings. The van der Waals surface area contributed by atoms with Crippen LogP contribution in [0.5, 0.6) is 0 Å². The molecule has 8 heteroatoms. The molecule has 0 spiro atoms. The molecule has 0 unspecified atom stereocenters. The number of rotatable bonds is 7. The Hall–Kier alpha value is -2.74. The number of nitrogens with one attached hydrogen (secondary N) is 1. The highest BCUT2D eigenvalue weighted by Gasteiger charge is 2.32. The molecule has 8 nitrogen and oxygen atoms in total. The van der Waals surface area contributed by atoms with Gasteiger partial charge in [-0.05, 0) is 39.0 Å². The summed E-state index contributed by atoms with van der Waals surface area (Å²) in [6.07, 6.45) is 0. The highest BCUT2D eigenvalue weighted by Crippen LogP contribution is 2.24. The largest absolute Gasteiger partial charge is 0.465 e. The molecule has 1 aromatic rings. The van der Waals surface area contributed by atoms with Crippen molar-refractivity contribution in [3.63, 3.8) is 0 Å². The van der Waals surface area contributed by atoms with Crippen LogP contribution in [-0.2, 0) is 14.3 Å². The Morgan fingerprint density at radius 3 is 2.42 bits per heavy atom. The Labute approximate surface area is 152 Å². The first-order chi connectivity index (χ1) is 12.2.